The molecule has 108 valence electrons. The fourth-order valence-electron chi connectivity index (χ4n) is 2.97. The second kappa shape index (κ2) is 6.04. The number of rotatable bonds is 4. The van der Waals surface area contributed by atoms with E-state index in [0.29, 0.717) is 0 Å². The van der Waals surface area contributed by atoms with Crippen LogP contribution in [0.1, 0.15) is 30.4 Å². The molecule has 1 aliphatic rings. The Kier molecular flexibility index (Phi) is 3.96. The van der Waals surface area contributed by atoms with Crippen molar-refractivity contribution in [2.24, 2.45) is 0 Å². The maximum atomic E-state index is 5.24. The fourth-order valence-corrected chi connectivity index (χ4v) is 2.97. The Morgan fingerprint density at radius 2 is 1.00 bits per heavy atom. The molecule has 2 heteroatoms. The summed E-state index contributed by atoms with van der Waals surface area (Å²) in [5.41, 5.74) is 5.53. The fraction of sp³-hybridized carbons (Fsp3) is 0.263. The van der Waals surface area contributed by atoms with Crippen molar-refractivity contribution in [1.82, 2.24) is 0 Å². The number of hydrogen-bond acceptors (Lipinski definition) is 2. The standard InChI is InChI=1S/C19H20O2/c1-20-16-10-6-14(7-11-16)18-4-3-5-19(18)15-8-12-17(21-2)13-9-15/h6-13H,3-5H2,1-2H3. The maximum Gasteiger partial charge on any atom is 0.118 e. The first-order chi connectivity index (χ1) is 10.3. The summed E-state index contributed by atoms with van der Waals surface area (Å²) in [4.78, 5) is 0. The lowest BCUT2D eigenvalue weighted by molar-refractivity contribution is 0.414. The molecule has 0 N–H and O–H groups in total. The zero-order valence-electron chi connectivity index (χ0n) is 12.6. The molecule has 2 nitrogen and oxygen atoms in total. The molecule has 0 aromatic heterocycles. The van der Waals surface area contributed by atoms with E-state index in [0.717, 1.165) is 24.3 Å². The molecule has 1 aliphatic carbocycles. The Morgan fingerprint density at radius 3 is 1.33 bits per heavy atom. The van der Waals surface area contributed by atoms with E-state index in [2.05, 4.69) is 24.3 Å². The monoisotopic (exact) mass is 280 g/mol. The summed E-state index contributed by atoms with van der Waals surface area (Å²) in [5, 5.41) is 0. The first-order valence-corrected chi connectivity index (χ1v) is 7.32. The van der Waals surface area contributed by atoms with Gasteiger partial charge < -0.3 is 9.47 Å². The van der Waals surface area contributed by atoms with Gasteiger partial charge in [-0.05, 0) is 65.8 Å². The Balaban J connectivity index is 1.96. The normalized spacial score (nSPS) is 14.4. The van der Waals surface area contributed by atoms with E-state index < -0.39 is 0 Å². The van der Waals surface area contributed by atoms with Crippen molar-refractivity contribution in [3.8, 4) is 11.5 Å². The highest BCUT2D eigenvalue weighted by atomic mass is 16.5. The van der Waals surface area contributed by atoms with Crippen molar-refractivity contribution in [3.05, 3.63) is 59.7 Å². The van der Waals surface area contributed by atoms with Gasteiger partial charge in [0, 0.05) is 0 Å². The molecule has 3 rings (SSSR count). The van der Waals surface area contributed by atoms with E-state index in [1.807, 2.05) is 24.3 Å². The van der Waals surface area contributed by atoms with Crippen LogP contribution in [0, 0.1) is 0 Å². The lowest BCUT2D eigenvalue weighted by Crippen LogP contribution is -1.88. The molecule has 0 heterocycles. The van der Waals surface area contributed by atoms with E-state index in [9.17, 15) is 0 Å². The van der Waals surface area contributed by atoms with Gasteiger partial charge in [-0.2, -0.15) is 0 Å². The van der Waals surface area contributed by atoms with Crippen molar-refractivity contribution in [3.63, 3.8) is 0 Å². The minimum atomic E-state index is 0.906. The third kappa shape index (κ3) is 2.80. The van der Waals surface area contributed by atoms with Crippen LogP contribution >= 0.6 is 0 Å². The van der Waals surface area contributed by atoms with Crippen LogP contribution in [-0.4, -0.2) is 14.2 Å². The smallest absolute Gasteiger partial charge is 0.118 e. The highest BCUT2D eigenvalue weighted by Gasteiger charge is 2.17. The molecule has 0 unspecified atom stereocenters. The third-order valence-corrected chi connectivity index (χ3v) is 4.09. The average Bonchev–Trinajstić information content (AvgIpc) is 3.04. The molecule has 0 saturated heterocycles. The molecule has 0 radical (unpaired) electrons. The molecule has 0 amide bonds. The Hall–Kier alpha value is -2.22. The molecule has 21 heavy (non-hydrogen) atoms. The SMILES string of the molecule is COc1ccc(C2=C(c3ccc(OC)cc3)CCC2)cc1. The van der Waals surface area contributed by atoms with Gasteiger partial charge in [0.05, 0.1) is 14.2 Å². The second-order valence-electron chi connectivity index (χ2n) is 5.27. The van der Waals surface area contributed by atoms with E-state index in [1.165, 1.54) is 28.7 Å². The summed E-state index contributed by atoms with van der Waals surface area (Å²) >= 11 is 0. The average molecular weight is 280 g/mol. The summed E-state index contributed by atoms with van der Waals surface area (Å²) < 4.78 is 10.5. The van der Waals surface area contributed by atoms with Crippen molar-refractivity contribution in [2.75, 3.05) is 14.2 Å². The molecule has 0 fully saturated rings. The lowest BCUT2D eigenvalue weighted by atomic mass is 9.97. The van der Waals surface area contributed by atoms with Gasteiger partial charge in [-0.25, -0.2) is 0 Å². The minimum absolute atomic E-state index is 0.906. The quantitative estimate of drug-likeness (QED) is 0.801. The summed E-state index contributed by atoms with van der Waals surface area (Å²) in [7, 11) is 3.40. The Bertz CT molecular complexity index is 579. The predicted octanol–water partition coefficient (Wildman–Crippen LogP) is 4.80. The summed E-state index contributed by atoms with van der Waals surface area (Å²) in [6.45, 7) is 0. The van der Waals surface area contributed by atoms with Gasteiger partial charge >= 0.3 is 0 Å². The summed E-state index contributed by atoms with van der Waals surface area (Å²) in [6, 6.07) is 16.8. The van der Waals surface area contributed by atoms with Crippen molar-refractivity contribution >= 4 is 11.1 Å². The topological polar surface area (TPSA) is 18.5 Å². The lowest BCUT2D eigenvalue weighted by Gasteiger charge is -2.10. The van der Waals surface area contributed by atoms with Crippen LogP contribution in [0.15, 0.2) is 48.5 Å². The van der Waals surface area contributed by atoms with E-state index in [-0.39, 0.29) is 0 Å². The number of ether oxygens (including phenoxy) is 2. The maximum absolute atomic E-state index is 5.24. The van der Waals surface area contributed by atoms with Gasteiger partial charge in [0.2, 0.25) is 0 Å². The molecule has 0 saturated carbocycles. The Labute approximate surface area is 126 Å². The van der Waals surface area contributed by atoms with Crippen LogP contribution in [0.25, 0.3) is 11.1 Å². The number of hydrogen-bond donors (Lipinski definition) is 0. The van der Waals surface area contributed by atoms with Crippen LogP contribution in [0.3, 0.4) is 0 Å². The van der Waals surface area contributed by atoms with Crippen LogP contribution in [0.5, 0.6) is 11.5 Å². The molecule has 0 atom stereocenters. The van der Waals surface area contributed by atoms with Crippen LogP contribution in [-0.2, 0) is 0 Å². The van der Waals surface area contributed by atoms with Gasteiger partial charge in [0.25, 0.3) is 0 Å². The highest BCUT2D eigenvalue weighted by molar-refractivity contribution is 5.93. The molecule has 2 aromatic rings. The van der Waals surface area contributed by atoms with Crippen LogP contribution in [0.2, 0.25) is 0 Å². The van der Waals surface area contributed by atoms with Crippen molar-refractivity contribution in [2.45, 2.75) is 19.3 Å². The van der Waals surface area contributed by atoms with E-state index in [1.54, 1.807) is 14.2 Å². The van der Waals surface area contributed by atoms with E-state index in [4.69, 9.17) is 9.47 Å². The van der Waals surface area contributed by atoms with Gasteiger partial charge in [-0.1, -0.05) is 24.3 Å². The minimum Gasteiger partial charge on any atom is -0.497 e. The largest absolute Gasteiger partial charge is 0.497 e. The zero-order valence-corrected chi connectivity index (χ0v) is 12.6. The molecule has 0 aliphatic heterocycles. The molecular weight excluding hydrogens is 260 g/mol. The number of methoxy groups -OCH3 is 2. The highest BCUT2D eigenvalue weighted by Crippen LogP contribution is 2.40. The number of allylic oxidation sites excluding steroid dienone is 2. The number of benzene rings is 2. The van der Waals surface area contributed by atoms with E-state index >= 15 is 0 Å². The van der Waals surface area contributed by atoms with Crippen LogP contribution < -0.4 is 9.47 Å². The van der Waals surface area contributed by atoms with Crippen LogP contribution in [0.4, 0.5) is 0 Å². The van der Waals surface area contributed by atoms with Gasteiger partial charge in [-0.15, -0.1) is 0 Å². The second-order valence-corrected chi connectivity index (χ2v) is 5.27. The van der Waals surface area contributed by atoms with Gasteiger partial charge in [0.15, 0.2) is 0 Å². The zero-order chi connectivity index (χ0) is 14.7. The summed E-state index contributed by atoms with van der Waals surface area (Å²) in [6.07, 6.45) is 3.52. The predicted molar refractivity (Wildman–Crippen MR) is 86.7 cm³/mol. The van der Waals surface area contributed by atoms with Crippen molar-refractivity contribution < 1.29 is 9.47 Å². The van der Waals surface area contributed by atoms with Gasteiger partial charge in [0.1, 0.15) is 11.5 Å². The van der Waals surface area contributed by atoms with Gasteiger partial charge in [-0.3, -0.25) is 0 Å². The summed E-state index contributed by atoms with van der Waals surface area (Å²) in [5.74, 6) is 1.81. The van der Waals surface area contributed by atoms with Crippen molar-refractivity contribution in [1.29, 1.82) is 0 Å². The Morgan fingerprint density at radius 1 is 0.619 bits per heavy atom. The first-order valence-electron chi connectivity index (χ1n) is 7.32. The molecule has 0 bridgehead atoms. The third-order valence-electron chi connectivity index (χ3n) is 4.09. The molecular formula is C19H20O2. The molecule has 2 aromatic carbocycles. The molecule has 0 spiro atoms. The first kappa shape index (κ1) is 13.7.